The maximum Gasteiger partial charge on any atom is 0.236 e. The molecule has 1 saturated heterocycles. The molecule has 1 heterocycles. The fourth-order valence-electron chi connectivity index (χ4n) is 2.40. The van der Waals surface area contributed by atoms with Crippen LogP contribution in [0.4, 0.5) is 0 Å². The number of nitrogens with zero attached hydrogens (tertiary/aromatic N) is 1. The summed E-state index contributed by atoms with van der Waals surface area (Å²) in [5.74, 6) is -0.590. The average molecular weight is 213 g/mol. The molecule has 0 aromatic rings. The molecule has 0 aromatic carbocycles. The van der Waals surface area contributed by atoms with E-state index in [0.717, 1.165) is 0 Å². The van der Waals surface area contributed by atoms with Crippen LogP contribution in [0.5, 0.6) is 0 Å². The highest BCUT2D eigenvalue weighted by molar-refractivity contribution is 6.08. The van der Waals surface area contributed by atoms with Crippen molar-refractivity contribution in [3.8, 4) is 0 Å². The molecule has 0 radical (unpaired) electrons. The molecule has 1 atom stereocenters. The first-order valence-corrected chi connectivity index (χ1v) is 5.44. The molecule has 4 heteroatoms. The van der Waals surface area contributed by atoms with Crippen molar-refractivity contribution in [1.29, 1.82) is 0 Å². The number of rotatable bonds is 3. The quantitative estimate of drug-likeness (QED) is 0.692. The Morgan fingerprint density at radius 1 is 1.40 bits per heavy atom. The molecular weight excluding hydrogens is 194 g/mol. The van der Waals surface area contributed by atoms with Crippen LogP contribution in [0.1, 0.15) is 26.7 Å². The molecule has 0 spiro atoms. The number of carbonyl (C=O) groups excluding carboxylic acids is 2. The maximum absolute atomic E-state index is 12.1. The number of aliphatic hydroxyl groups excluding tert-OH is 1. The Bertz CT molecular complexity index is 271. The normalized spacial score (nSPS) is 25.9. The monoisotopic (exact) mass is 213 g/mol. The number of carbonyl (C=O) groups is 2. The predicted molar refractivity (Wildman–Crippen MR) is 56.2 cm³/mol. The van der Waals surface area contributed by atoms with Crippen molar-refractivity contribution in [2.45, 2.75) is 26.7 Å². The van der Waals surface area contributed by atoms with Gasteiger partial charge in [-0.1, -0.05) is 13.8 Å². The third kappa shape index (κ3) is 1.67. The van der Waals surface area contributed by atoms with E-state index in [1.807, 2.05) is 13.8 Å². The zero-order chi connectivity index (χ0) is 11.6. The van der Waals surface area contributed by atoms with Crippen LogP contribution in [0.2, 0.25) is 0 Å². The van der Waals surface area contributed by atoms with Crippen molar-refractivity contribution in [3.05, 3.63) is 0 Å². The summed E-state index contributed by atoms with van der Waals surface area (Å²) in [7, 11) is 1.69. The lowest BCUT2D eigenvalue weighted by Crippen LogP contribution is -2.57. The van der Waals surface area contributed by atoms with Crippen molar-refractivity contribution in [2.24, 2.45) is 11.3 Å². The van der Waals surface area contributed by atoms with Gasteiger partial charge in [-0.2, -0.15) is 0 Å². The number of ketones is 1. The van der Waals surface area contributed by atoms with Crippen molar-refractivity contribution in [2.75, 3.05) is 20.2 Å². The van der Waals surface area contributed by atoms with Crippen LogP contribution in [-0.2, 0) is 9.59 Å². The summed E-state index contributed by atoms with van der Waals surface area (Å²) < 4.78 is 0. The number of aliphatic hydroxyl groups is 1. The number of Topliss-reactive ketones (excluding diaryl/α,β-unsaturated/α-hetero) is 1. The summed E-state index contributed by atoms with van der Waals surface area (Å²) in [6.07, 6.45) is 1.03. The maximum atomic E-state index is 12.1. The lowest BCUT2D eigenvalue weighted by Gasteiger charge is -2.41. The van der Waals surface area contributed by atoms with Crippen molar-refractivity contribution < 1.29 is 14.7 Å². The molecule has 0 aromatic heterocycles. The molecule has 1 N–H and O–H groups in total. The minimum atomic E-state index is -0.888. The Morgan fingerprint density at radius 2 is 1.93 bits per heavy atom. The smallest absolute Gasteiger partial charge is 0.236 e. The number of hydrogen-bond donors (Lipinski definition) is 1. The molecule has 86 valence electrons. The Balaban J connectivity index is 3.09. The zero-order valence-corrected chi connectivity index (χ0v) is 9.62. The number of amides is 1. The van der Waals surface area contributed by atoms with E-state index in [1.54, 1.807) is 11.9 Å². The van der Waals surface area contributed by atoms with E-state index in [9.17, 15) is 9.59 Å². The van der Waals surface area contributed by atoms with Gasteiger partial charge in [0.25, 0.3) is 0 Å². The van der Waals surface area contributed by atoms with Gasteiger partial charge in [0, 0.05) is 13.6 Å². The lowest BCUT2D eigenvalue weighted by atomic mass is 9.70. The van der Waals surface area contributed by atoms with Gasteiger partial charge in [0.15, 0.2) is 5.78 Å². The van der Waals surface area contributed by atoms with E-state index in [-0.39, 0.29) is 18.3 Å². The van der Waals surface area contributed by atoms with Crippen LogP contribution in [-0.4, -0.2) is 41.9 Å². The Labute approximate surface area is 90.3 Å². The molecule has 1 unspecified atom stereocenters. The van der Waals surface area contributed by atoms with Gasteiger partial charge in [-0.25, -0.2) is 0 Å². The van der Waals surface area contributed by atoms with Crippen molar-refractivity contribution in [3.63, 3.8) is 0 Å². The molecule has 1 amide bonds. The largest absolute Gasteiger partial charge is 0.396 e. The van der Waals surface area contributed by atoms with E-state index in [4.69, 9.17) is 5.11 Å². The SMILES string of the molecule is CCC1(CC)C(=O)C(CO)CN(C)C1=O. The summed E-state index contributed by atoms with van der Waals surface area (Å²) in [5.41, 5.74) is -0.888. The van der Waals surface area contributed by atoms with Gasteiger partial charge >= 0.3 is 0 Å². The van der Waals surface area contributed by atoms with Gasteiger partial charge in [-0.3, -0.25) is 9.59 Å². The van der Waals surface area contributed by atoms with Crippen LogP contribution in [0.15, 0.2) is 0 Å². The van der Waals surface area contributed by atoms with E-state index < -0.39 is 11.3 Å². The van der Waals surface area contributed by atoms with E-state index in [1.165, 1.54) is 0 Å². The Kier molecular flexibility index (Phi) is 3.50. The Hall–Kier alpha value is -0.900. The second-order valence-corrected chi connectivity index (χ2v) is 4.22. The summed E-state index contributed by atoms with van der Waals surface area (Å²) >= 11 is 0. The summed E-state index contributed by atoms with van der Waals surface area (Å²) in [6, 6.07) is 0. The fraction of sp³-hybridized carbons (Fsp3) is 0.818. The third-order valence-electron chi connectivity index (χ3n) is 3.52. The average Bonchev–Trinajstić information content (AvgIpc) is 2.26. The molecule has 1 aliphatic rings. The van der Waals surface area contributed by atoms with Crippen LogP contribution in [0.3, 0.4) is 0 Å². The zero-order valence-electron chi connectivity index (χ0n) is 9.62. The lowest BCUT2D eigenvalue weighted by molar-refractivity contribution is -0.159. The highest BCUT2D eigenvalue weighted by atomic mass is 16.3. The highest BCUT2D eigenvalue weighted by Crippen LogP contribution is 2.36. The molecule has 0 saturated carbocycles. The topological polar surface area (TPSA) is 57.6 Å². The summed E-state index contributed by atoms with van der Waals surface area (Å²) in [6.45, 7) is 3.88. The van der Waals surface area contributed by atoms with Gasteiger partial charge in [-0.05, 0) is 12.8 Å². The standard InChI is InChI=1S/C11H19NO3/c1-4-11(5-2)9(14)8(7-13)6-12(3)10(11)15/h8,13H,4-7H2,1-3H3. The molecule has 0 bridgehead atoms. The number of likely N-dealkylation sites (tertiary alicyclic amines) is 1. The molecule has 15 heavy (non-hydrogen) atoms. The highest BCUT2D eigenvalue weighted by Gasteiger charge is 2.50. The fourth-order valence-corrected chi connectivity index (χ4v) is 2.40. The van der Waals surface area contributed by atoms with Crippen molar-refractivity contribution in [1.82, 2.24) is 4.90 Å². The van der Waals surface area contributed by atoms with Gasteiger partial charge < -0.3 is 10.0 Å². The molecule has 1 aliphatic heterocycles. The van der Waals surface area contributed by atoms with Crippen molar-refractivity contribution >= 4 is 11.7 Å². The van der Waals surface area contributed by atoms with E-state index in [2.05, 4.69) is 0 Å². The molecule has 1 rings (SSSR count). The van der Waals surface area contributed by atoms with Gasteiger partial charge in [-0.15, -0.1) is 0 Å². The van der Waals surface area contributed by atoms with Gasteiger partial charge in [0.1, 0.15) is 5.41 Å². The van der Waals surface area contributed by atoms with Crippen LogP contribution < -0.4 is 0 Å². The first kappa shape index (κ1) is 12.2. The third-order valence-corrected chi connectivity index (χ3v) is 3.52. The minimum Gasteiger partial charge on any atom is -0.396 e. The molecule has 0 aliphatic carbocycles. The second-order valence-electron chi connectivity index (χ2n) is 4.22. The van der Waals surface area contributed by atoms with Crippen LogP contribution >= 0.6 is 0 Å². The first-order chi connectivity index (χ1) is 7.03. The Morgan fingerprint density at radius 3 is 2.33 bits per heavy atom. The van der Waals surface area contributed by atoms with Crippen LogP contribution in [0, 0.1) is 11.3 Å². The van der Waals surface area contributed by atoms with Gasteiger partial charge in [0.05, 0.1) is 12.5 Å². The van der Waals surface area contributed by atoms with Gasteiger partial charge in [0.2, 0.25) is 5.91 Å². The molecule has 4 nitrogen and oxygen atoms in total. The predicted octanol–water partition coefficient (Wildman–Crippen LogP) is 0.442. The number of piperidine rings is 1. The second kappa shape index (κ2) is 4.31. The molecular formula is C11H19NO3. The minimum absolute atomic E-state index is 0.0851. The number of hydrogen-bond acceptors (Lipinski definition) is 3. The van der Waals surface area contributed by atoms with E-state index in [0.29, 0.717) is 19.4 Å². The summed E-state index contributed by atoms with van der Waals surface area (Å²) in [5, 5.41) is 9.13. The van der Waals surface area contributed by atoms with Crippen LogP contribution in [0.25, 0.3) is 0 Å². The summed E-state index contributed by atoms with van der Waals surface area (Å²) in [4.78, 5) is 25.7. The van der Waals surface area contributed by atoms with E-state index >= 15 is 0 Å². The first-order valence-electron chi connectivity index (χ1n) is 5.44. The molecule has 1 fully saturated rings.